The molecule has 9 aromatic rings. The van der Waals surface area contributed by atoms with Crippen LogP contribution in [0, 0.1) is 6.33 Å². The molecule has 0 atom stereocenters. The third-order valence-electron chi connectivity index (χ3n) is 9.26. The van der Waals surface area contributed by atoms with Crippen LogP contribution in [0.4, 0.5) is 0 Å². The lowest BCUT2D eigenvalue weighted by Gasteiger charge is -2.22. The standard InChI is InChI=1S/C41H33N5/c1-41(2,3)38-36-30-19-8-10-21-32(30)45(27-15-6-5-7-16-27)39(36)42-40-37(38)31-20-9-11-22-33(31)46(40)29-18-14-17-28(25-29)44-26-43(4)34-23-12-13-24-35(34)44/h5-25H,1-4H3. The molecule has 0 radical (unpaired) electrons. The Hall–Kier alpha value is -5.68. The molecule has 5 nitrogen and oxygen atoms in total. The molecule has 0 bridgehead atoms. The van der Waals surface area contributed by atoms with E-state index in [1.807, 2.05) is 7.05 Å². The first-order chi connectivity index (χ1) is 22.4. The van der Waals surface area contributed by atoms with Crippen molar-refractivity contribution < 1.29 is 4.57 Å². The summed E-state index contributed by atoms with van der Waals surface area (Å²) < 4.78 is 8.88. The number of para-hydroxylation sites is 5. The highest BCUT2D eigenvalue weighted by Gasteiger charge is 2.29. The lowest BCUT2D eigenvalue weighted by atomic mass is 9.82. The van der Waals surface area contributed by atoms with Gasteiger partial charge in [0.25, 0.3) is 0 Å². The highest BCUT2D eigenvalue weighted by Crippen LogP contribution is 2.45. The number of imidazole rings is 1. The minimum atomic E-state index is -0.157. The van der Waals surface area contributed by atoms with Gasteiger partial charge in [0.05, 0.1) is 34.8 Å². The molecule has 0 aliphatic heterocycles. The van der Waals surface area contributed by atoms with Gasteiger partial charge in [0.1, 0.15) is 11.3 Å². The highest BCUT2D eigenvalue weighted by atomic mass is 15.1. The lowest BCUT2D eigenvalue weighted by Crippen LogP contribution is -2.26. The van der Waals surface area contributed by atoms with Crippen molar-refractivity contribution in [2.75, 3.05) is 0 Å². The first kappa shape index (κ1) is 26.7. The number of hydrogen-bond acceptors (Lipinski definition) is 1. The van der Waals surface area contributed by atoms with Crippen molar-refractivity contribution in [1.82, 2.24) is 18.7 Å². The number of aromatic nitrogens is 5. The maximum atomic E-state index is 5.64. The molecule has 4 heterocycles. The monoisotopic (exact) mass is 595 g/mol. The SMILES string of the molecule is C[n+]1[c-]n(-c2cccc(-n3c4ccccc4c4c(C(C)(C)C)c5c6ccccc6n(-c6ccccc6)c5nc43)c2)c2ccccc21. The van der Waals surface area contributed by atoms with Gasteiger partial charge in [-0.15, -0.1) is 0 Å². The van der Waals surface area contributed by atoms with Crippen molar-refractivity contribution in [2.24, 2.45) is 7.05 Å². The van der Waals surface area contributed by atoms with Gasteiger partial charge in [-0.3, -0.25) is 9.13 Å². The molecule has 0 saturated carbocycles. The summed E-state index contributed by atoms with van der Waals surface area (Å²) in [5.41, 5.74) is 10.9. The number of rotatable bonds is 3. The zero-order valence-electron chi connectivity index (χ0n) is 26.4. The van der Waals surface area contributed by atoms with Crippen molar-refractivity contribution in [2.45, 2.75) is 26.2 Å². The molecule has 0 spiro atoms. The Bertz CT molecular complexity index is 2630. The number of nitrogens with zero attached hydrogens (tertiary/aromatic N) is 5. The largest absolute Gasteiger partial charge is 0.319 e. The van der Waals surface area contributed by atoms with Crippen LogP contribution < -0.4 is 4.57 Å². The molecule has 46 heavy (non-hydrogen) atoms. The molecule has 0 aliphatic carbocycles. The fourth-order valence-electron chi connectivity index (χ4n) is 7.40. The first-order valence-corrected chi connectivity index (χ1v) is 15.8. The van der Waals surface area contributed by atoms with E-state index in [1.165, 1.54) is 27.1 Å². The fraction of sp³-hybridized carbons (Fsp3) is 0.122. The third kappa shape index (κ3) is 3.75. The quantitative estimate of drug-likeness (QED) is 0.148. The number of aryl methyl sites for hydroxylation is 1. The van der Waals surface area contributed by atoms with Crippen LogP contribution in [0.1, 0.15) is 26.3 Å². The van der Waals surface area contributed by atoms with Gasteiger partial charge < -0.3 is 9.13 Å². The number of fused-ring (bicyclic) bond motifs is 7. The fourth-order valence-corrected chi connectivity index (χ4v) is 7.40. The van der Waals surface area contributed by atoms with Crippen LogP contribution in [0.3, 0.4) is 0 Å². The Balaban J connectivity index is 1.44. The molecule has 5 aromatic carbocycles. The predicted molar refractivity (Wildman–Crippen MR) is 188 cm³/mol. The van der Waals surface area contributed by atoms with E-state index >= 15 is 0 Å². The van der Waals surface area contributed by atoms with Crippen LogP contribution in [0.25, 0.3) is 72.0 Å². The summed E-state index contributed by atoms with van der Waals surface area (Å²) >= 11 is 0. The molecule has 0 unspecified atom stereocenters. The molecule has 0 aliphatic rings. The summed E-state index contributed by atoms with van der Waals surface area (Å²) in [7, 11) is 2.05. The minimum Gasteiger partial charge on any atom is -0.319 e. The van der Waals surface area contributed by atoms with E-state index in [9.17, 15) is 0 Å². The molecule has 0 saturated heterocycles. The van der Waals surface area contributed by atoms with Gasteiger partial charge in [-0.25, -0.2) is 4.98 Å². The van der Waals surface area contributed by atoms with Crippen molar-refractivity contribution in [3.8, 4) is 17.1 Å². The molecule has 4 aromatic heterocycles. The number of benzene rings is 5. The average Bonchev–Trinajstić information content (AvgIpc) is 3.71. The zero-order valence-corrected chi connectivity index (χ0v) is 26.4. The zero-order chi connectivity index (χ0) is 31.2. The third-order valence-corrected chi connectivity index (χ3v) is 9.26. The Kier molecular flexibility index (Phi) is 5.61. The van der Waals surface area contributed by atoms with Crippen molar-refractivity contribution >= 4 is 54.9 Å². The molecule has 5 heteroatoms. The second kappa shape index (κ2) is 9.66. The summed E-state index contributed by atoms with van der Waals surface area (Å²) in [6.07, 6.45) is 3.51. The van der Waals surface area contributed by atoms with Crippen LogP contribution in [0.15, 0.2) is 127 Å². The normalized spacial score (nSPS) is 12.3. The number of hydrogen-bond donors (Lipinski definition) is 0. The van der Waals surface area contributed by atoms with Crippen molar-refractivity contribution in [1.29, 1.82) is 0 Å². The summed E-state index contributed by atoms with van der Waals surface area (Å²) in [4.78, 5) is 5.64. The van der Waals surface area contributed by atoms with E-state index in [2.05, 4.69) is 173 Å². The van der Waals surface area contributed by atoms with E-state index in [0.29, 0.717) is 0 Å². The molecule has 0 N–H and O–H groups in total. The van der Waals surface area contributed by atoms with Crippen LogP contribution >= 0.6 is 0 Å². The molecular formula is C41H33N5. The Labute approximate surface area is 267 Å². The second-order valence-electron chi connectivity index (χ2n) is 13.2. The van der Waals surface area contributed by atoms with Crippen molar-refractivity contribution in [3.05, 3.63) is 139 Å². The van der Waals surface area contributed by atoms with E-state index in [0.717, 1.165) is 50.4 Å². The smallest absolute Gasteiger partial charge is 0.244 e. The minimum absolute atomic E-state index is 0.157. The van der Waals surface area contributed by atoms with Gasteiger partial charge in [0.2, 0.25) is 6.33 Å². The van der Waals surface area contributed by atoms with E-state index < -0.39 is 0 Å². The van der Waals surface area contributed by atoms with Crippen LogP contribution in [0.5, 0.6) is 0 Å². The van der Waals surface area contributed by atoms with E-state index in [-0.39, 0.29) is 5.41 Å². The lowest BCUT2D eigenvalue weighted by molar-refractivity contribution is -0.649. The van der Waals surface area contributed by atoms with Crippen LogP contribution in [-0.2, 0) is 12.5 Å². The molecule has 0 fully saturated rings. The van der Waals surface area contributed by atoms with E-state index in [1.54, 1.807) is 0 Å². The number of pyridine rings is 1. The Morgan fingerprint density at radius 2 is 1.09 bits per heavy atom. The van der Waals surface area contributed by atoms with Gasteiger partial charge in [0.15, 0.2) is 0 Å². The average molecular weight is 596 g/mol. The van der Waals surface area contributed by atoms with Gasteiger partial charge in [-0.1, -0.05) is 112 Å². The van der Waals surface area contributed by atoms with E-state index in [4.69, 9.17) is 4.98 Å². The molecule has 222 valence electrons. The maximum Gasteiger partial charge on any atom is 0.244 e. The van der Waals surface area contributed by atoms with Gasteiger partial charge in [0, 0.05) is 32.9 Å². The summed E-state index contributed by atoms with van der Waals surface area (Å²) in [6.45, 7) is 6.99. The Morgan fingerprint density at radius 1 is 0.565 bits per heavy atom. The van der Waals surface area contributed by atoms with Crippen molar-refractivity contribution in [3.63, 3.8) is 0 Å². The maximum absolute atomic E-state index is 5.64. The summed E-state index contributed by atoms with van der Waals surface area (Å²) in [5, 5.41) is 4.86. The highest BCUT2D eigenvalue weighted by molar-refractivity contribution is 6.20. The van der Waals surface area contributed by atoms with Crippen LogP contribution in [0.2, 0.25) is 0 Å². The molecule has 0 amide bonds. The van der Waals surface area contributed by atoms with Gasteiger partial charge in [-0.2, -0.15) is 0 Å². The Morgan fingerprint density at radius 3 is 1.74 bits per heavy atom. The molecule has 9 rings (SSSR count). The predicted octanol–water partition coefficient (Wildman–Crippen LogP) is 9.14. The second-order valence-corrected chi connectivity index (χ2v) is 13.2. The molecular weight excluding hydrogens is 562 g/mol. The van der Waals surface area contributed by atoms with Gasteiger partial charge in [-0.05, 0) is 47.4 Å². The van der Waals surface area contributed by atoms with Crippen LogP contribution in [-0.4, -0.2) is 18.7 Å². The first-order valence-electron chi connectivity index (χ1n) is 15.8. The summed E-state index contributed by atoms with van der Waals surface area (Å²) in [6, 6.07) is 45.3. The van der Waals surface area contributed by atoms with Gasteiger partial charge >= 0.3 is 0 Å². The summed E-state index contributed by atoms with van der Waals surface area (Å²) in [5.74, 6) is 0. The topological polar surface area (TPSA) is 31.6 Å².